The van der Waals surface area contributed by atoms with Gasteiger partial charge in [-0.1, -0.05) is 15.9 Å². The molecule has 1 unspecified atom stereocenters. The van der Waals surface area contributed by atoms with Gasteiger partial charge in [0.15, 0.2) is 0 Å². The highest BCUT2D eigenvalue weighted by Crippen LogP contribution is 2.15. The van der Waals surface area contributed by atoms with Crippen LogP contribution in [0.25, 0.3) is 0 Å². The number of hydrogen-bond donors (Lipinski definition) is 1. The fourth-order valence-electron chi connectivity index (χ4n) is 1.16. The molecule has 1 atom stereocenters. The van der Waals surface area contributed by atoms with E-state index >= 15 is 0 Å². The van der Waals surface area contributed by atoms with E-state index in [1.807, 2.05) is 0 Å². The summed E-state index contributed by atoms with van der Waals surface area (Å²) in [6, 6.07) is 4.04. The molecule has 0 aromatic heterocycles. The zero-order chi connectivity index (χ0) is 13.7. The molecule has 0 aliphatic heterocycles. The fourth-order valence-corrected chi connectivity index (χ4v) is 1.66. The van der Waals surface area contributed by atoms with E-state index in [0.717, 1.165) is 0 Å². The summed E-state index contributed by atoms with van der Waals surface area (Å²) in [5.41, 5.74) is -0.119. The topological polar surface area (TPSA) is 55.4 Å². The maximum Gasteiger partial charge on any atom is 0.325 e. The van der Waals surface area contributed by atoms with E-state index in [0.29, 0.717) is 4.47 Å². The molecule has 1 N–H and O–H groups in total. The lowest BCUT2D eigenvalue weighted by molar-refractivity contribution is -0.140. The van der Waals surface area contributed by atoms with Gasteiger partial charge < -0.3 is 10.1 Å². The van der Waals surface area contributed by atoms with Crippen molar-refractivity contribution in [1.82, 2.24) is 5.32 Å². The third-order valence-corrected chi connectivity index (χ3v) is 2.90. The van der Waals surface area contributed by atoms with E-state index in [4.69, 9.17) is 11.6 Å². The van der Waals surface area contributed by atoms with Crippen molar-refractivity contribution in [2.45, 2.75) is 5.38 Å². The lowest BCUT2D eigenvalue weighted by Crippen LogP contribution is -2.34. The number of halogens is 3. The van der Waals surface area contributed by atoms with Gasteiger partial charge in [-0.3, -0.25) is 9.59 Å². The Morgan fingerprint density at radius 2 is 2.22 bits per heavy atom. The summed E-state index contributed by atoms with van der Waals surface area (Å²) < 4.78 is 18.4. The molecule has 0 saturated heterocycles. The Hall–Kier alpha value is -1.14. The average molecular weight is 339 g/mol. The molecule has 4 nitrogen and oxygen atoms in total. The zero-order valence-corrected chi connectivity index (χ0v) is 11.7. The Kier molecular flexibility index (Phi) is 5.55. The molecule has 0 fully saturated rings. The van der Waals surface area contributed by atoms with Crippen LogP contribution in [0.3, 0.4) is 0 Å². The lowest BCUT2D eigenvalue weighted by Gasteiger charge is -2.09. The van der Waals surface area contributed by atoms with Crippen LogP contribution in [-0.4, -0.2) is 30.9 Å². The molecule has 1 aromatic carbocycles. The molecule has 7 heteroatoms. The average Bonchev–Trinajstić information content (AvgIpc) is 2.34. The van der Waals surface area contributed by atoms with Gasteiger partial charge in [-0.25, -0.2) is 4.39 Å². The maximum absolute atomic E-state index is 13.4. The molecule has 98 valence electrons. The summed E-state index contributed by atoms with van der Waals surface area (Å²) in [6.07, 6.45) is 0. The Morgan fingerprint density at radius 3 is 2.78 bits per heavy atom. The molecule has 0 aliphatic carbocycles. The number of amides is 1. The molecule has 18 heavy (non-hydrogen) atoms. The van der Waals surface area contributed by atoms with Crippen LogP contribution in [0.4, 0.5) is 4.39 Å². The number of alkyl halides is 1. The summed E-state index contributed by atoms with van der Waals surface area (Å²) in [7, 11) is 1.19. The van der Waals surface area contributed by atoms with Crippen LogP contribution in [0.1, 0.15) is 10.4 Å². The minimum absolute atomic E-state index is 0.119. The van der Waals surface area contributed by atoms with Crippen LogP contribution in [0.15, 0.2) is 22.7 Å². The summed E-state index contributed by atoms with van der Waals surface area (Å²) in [4.78, 5) is 22.6. The van der Waals surface area contributed by atoms with Gasteiger partial charge in [-0.05, 0) is 18.2 Å². The number of esters is 1. The number of rotatable bonds is 4. The van der Waals surface area contributed by atoms with Crippen LogP contribution < -0.4 is 5.32 Å². The molecule has 1 amide bonds. The van der Waals surface area contributed by atoms with Crippen LogP contribution in [0, 0.1) is 5.82 Å². The number of methoxy groups -OCH3 is 1. The minimum Gasteiger partial charge on any atom is -0.468 e. The molecule has 0 bridgehead atoms. The largest absolute Gasteiger partial charge is 0.468 e. The van der Waals surface area contributed by atoms with Crippen LogP contribution in [0.5, 0.6) is 0 Å². The van der Waals surface area contributed by atoms with E-state index in [1.54, 1.807) is 0 Å². The first kappa shape index (κ1) is 14.9. The smallest absolute Gasteiger partial charge is 0.325 e. The molecule has 0 heterocycles. The first-order valence-corrected chi connectivity index (χ1v) is 6.13. The monoisotopic (exact) mass is 337 g/mol. The lowest BCUT2D eigenvalue weighted by atomic mass is 10.2. The molecule has 0 saturated carbocycles. The SMILES string of the molecule is COC(=O)C(Cl)CNC(=O)c1ccc(Br)cc1F. The number of carbonyl (C=O) groups is 2. The van der Waals surface area contributed by atoms with Gasteiger partial charge in [0.25, 0.3) is 5.91 Å². The molecule has 1 rings (SSSR count). The molecular formula is C11H10BrClFNO3. The summed E-state index contributed by atoms with van der Waals surface area (Å²) >= 11 is 8.72. The number of carbonyl (C=O) groups excluding carboxylic acids is 2. The third kappa shape index (κ3) is 3.96. The first-order chi connectivity index (χ1) is 8.45. The minimum atomic E-state index is -1.00. The number of benzene rings is 1. The Bertz CT molecular complexity index is 470. The normalized spacial score (nSPS) is 11.8. The molecular weight excluding hydrogens is 328 g/mol. The predicted molar refractivity (Wildman–Crippen MR) is 68.1 cm³/mol. The van der Waals surface area contributed by atoms with Crippen molar-refractivity contribution in [3.8, 4) is 0 Å². The summed E-state index contributed by atoms with van der Waals surface area (Å²) in [6.45, 7) is -0.136. The van der Waals surface area contributed by atoms with Crippen LogP contribution in [-0.2, 0) is 9.53 Å². The highest BCUT2D eigenvalue weighted by atomic mass is 79.9. The van der Waals surface area contributed by atoms with Gasteiger partial charge in [-0.15, -0.1) is 11.6 Å². The van der Waals surface area contributed by atoms with Crippen molar-refractivity contribution < 1.29 is 18.7 Å². The van der Waals surface area contributed by atoms with Crippen molar-refractivity contribution in [3.05, 3.63) is 34.1 Å². The molecule has 0 aliphatic rings. The first-order valence-electron chi connectivity index (χ1n) is 4.91. The second-order valence-electron chi connectivity index (χ2n) is 3.32. The van der Waals surface area contributed by atoms with E-state index in [-0.39, 0.29) is 12.1 Å². The van der Waals surface area contributed by atoms with Gasteiger partial charge in [0.1, 0.15) is 11.2 Å². The molecule has 1 aromatic rings. The number of nitrogens with one attached hydrogen (secondary N) is 1. The highest BCUT2D eigenvalue weighted by molar-refractivity contribution is 9.10. The van der Waals surface area contributed by atoms with Crippen molar-refractivity contribution >= 4 is 39.4 Å². The van der Waals surface area contributed by atoms with E-state index < -0.39 is 23.1 Å². The van der Waals surface area contributed by atoms with Crippen molar-refractivity contribution in [3.63, 3.8) is 0 Å². The van der Waals surface area contributed by atoms with E-state index in [2.05, 4.69) is 26.0 Å². The van der Waals surface area contributed by atoms with Gasteiger partial charge in [-0.2, -0.15) is 0 Å². The van der Waals surface area contributed by atoms with Crippen LogP contribution >= 0.6 is 27.5 Å². The van der Waals surface area contributed by atoms with E-state index in [9.17, 15) is 14.0 Å². The maximum atomic E-state index is 13.4. The van der Waals surface area contributed by atoms with Gasteiger partial charge in [0, 0.05) is 11.0 Å². The second kappa shape index (κ2) is 6.70. The van der Waals surface area contributed by atoms with Crippen molar-refractivity contribution in [2.75, 3.05) is 13.7 Å². The fraction of sp³-hybridized carbons (Fsp3) is 0.273. The Balaban J connectivity index is 2.63. The quantitative estimate of drug-likeness (QED) is 0.676. The van der Waals surface area contributed by atoms with Crippen molar-refractivity contribution in [2.24, 2.45) is 0 Å². The third-order valence-electron chi connectivity index (χ3n) is 2.07. The standard InChI is InChI=1S/C11H10BrClFNO3/c1-18-11(17)8(13)5-15-10(16)7-3-2-6(12)4-9(7)14/h2-4,8H,5H2,1H3,(H,15,16). The van der Waals surface area contributed by atoms with Crippen molar-refractivity contribution in [1.29, 1.82) is 0 Å². The second-order valence-corrected chi connectivity index (χ2v) is 4.77. The zero-order valence-electron chi connectivity index (χ0n) is 9.38. The van der Waals surface area contributed by atoms with E-state index in [1.165, 1.54) is 25.3 Å². The van der Waals surface area contributed by atoms with Gasteiger partial charge >= 0.3 is 5.97 Å². The Labute approximate surface area is 117 Å². The highest BCUT2D eigenvalue weighted by Gasteiger charge is 2.18. The van der Waals surface area contributed by atoms with Gasteiger partial charge in [0.05, 0.1) is 12.7 Å². The Morgan fingerprint density at radius 1 is 1.56 bits per heavy atom. The summed E-state index contributed by atoms with van der Waals surface area (Å²) in [5, 5.41) is 1.34. The molecule has 0 spiro atoms. The molecule has 0 radical (unpaired) electrons. The van der Waals surface area contributed by atoms with Gasteiger partial charge in [0.2, 0.25) is 0 Å². The van der Waals surface area contributed by atoms with Crippen LogP contribution in [0.2, 0.25) is 0 Å². The summed E-state index contributed by atoms with van der Waals surface area (Å²) in [5.74, 6) is -1.96. The number of hydrogen-bond acceptors (Lipinski definition) is 3. The number of ether oxygens (including phenoxy) is 1. The predicted octanol–water partition coefficient (Wildman–Crippen LogP) is 2.10.